The first-order valence-electron chi connectivity index (χ1n) is 10.5. The molecule has 5 rings (SSSR count). The largest absolute Gasteiger partial charge is 0.363 e. The lowest BCUT2D eigenvalue weighted by atomic mass is 10.1. The maximum Gasteiger partial charge on any atom is 0.261 e. The van der Waals surface area contributed by atoms with E-state index in [1.807, 2.05) is 4.90 Å². The Morgan fingerprint density at radius 1 is 1.06 bits per heavy atom. The number of rotatable bonds is 4. The molecular weight excluding hydrogens is 426 g/mol. The molecule has 2 heterocycles. The van der Waals surface area contributed by atoms with Crippen molar-refractivity contribution in [3.05, 3.63) is 77.2 Å². The fourth-order valence-corrected chi connectivity index (χ4v) is 5.46. The maximum atomic E-state index is 13.1. The van der Waals surface area contributed by atoms with E-state index in [1.165, 1.54) is 18.4 Å². The second kappa shape index (κ2) is 8.17. The SMILES string of the molecule is O=C1c2cccc(NS(=O)(=O)c3cccc(C#Cc4ccon4)c3)c2CN1C1CCCC1. The van der Waals surface area contributed by atoms with Gasteiger partial charge in [0.25, 0.3) is 15.9 Å². The monoisotopic (exact) mass is 447 g/mol. The molecular formula is C24H21N3O4S. The molecule has 1 amide bonds. The highest BCUT2D eigenvalue weighted by Crippen LogP contribution is 2.35. The molecule has 1 aliphatic heterocycles. The predicted molar refractivity (Wildman–Crippen MR) is 118 cm³/mol. The molecule has 0 atom stereocenters. The van der Waals surface area contributed by atoms with Gasteiger partial charge < -0.3 is 9.42 Å². The minimum atomic E-state index is -3.87. The summed E-state index contributed by atoms with van der Waals surface area (Å²) >= 11 is 0. The van der Waals surface area contributed by atoms with E-state index in [1.54, 1.807) is 36.4 Å². The number of benzene rings is 2. The average Bonchev–Trinajstić information content (AvgIpc) is 3.55. The summed E-state index contributed by atoms with van der Waals surface area (Å²) < 4.78 is 33.7. The van der Waals surface area contributed by atoms with Crippen LogP contribution in [0.25, 0.3) is 0 Å². The predicted octanol–water partition coefficient (Wildman–Crippen LogP) is 3.77. The number of hydrogen-bond acceptors (Lipinski definition) is 5. The summed E-state index contributed by atoms with van der Waals surface area (Å²) in [4.78, 5) is 14.9. The second-order valence-corrected chi connectivity index (χ2v) is 9.65. The Bertz CT molecular complexity index is 1330. The number of aromatic nitrogens is 1. The van der Waals surface area contributed by atoms with Gasteiger partial charge in [-0.2, -0.15) is 0 Å². The minimum Gasteiger partial charge on any atom is -0.363 e. The summed E-state index contributed by atoms with van der Waals surface area (Å²) in [6.07, 6.45) is 5.68. The number of anilines is 1. The summed E-state index contributed by atoms with van der Waals surface area (Å²) in [6.45, 7) is 0.431. The van der Waals surface area contributed by atoms with E-state index in [-0.39, 0.29) is 16.8 Å². The summed E-state index contributed by atoms with van der Waals surface area (Å²) in [5.41, 5.74) is 2.75. The first-order chi connectivity index (χ1) is 15.5. The highest BCUT2D eigenvalue weighted by atomic mass is 32.2. The third-order valence-electron chi connectivity index (χ3n) is 5.92. The van der Waals surface area contributed by atoms with E-state index in [4.69, 9.17) is 4.52 Å². The van der Waals surface area contributed by atoms with E-state index in [0.717, 1.165) is 31.2 Å². The highest BCUT2D eigenvalue weighted by Gasteiger charge is 2.35. The molecule has 0 unspecified atom stereocenters. The molecule has 3 aromatic rings. The molecule has 0 saturated heterocycles. The topological polar surface area (TPSA) is 92.5 Å². The van der Waals surface area contributed by atoms with Gasteiger partial charge in [-0.05, 0) is 49.1 Å². The molecule has 0 radical (unpaired) electrons. The van der Waals surface area contributed by atoms with Crippen LogP contribution in [0.15, 0.2) is 64.2 Å². The summed E-state index contributed by atoms with van der Waals surface area (Å²) in [6, 6.07) is 13.4. The highest BCUT2D eigenvalue weighted by molar-refractivity contribution is 7.92. The zero-order valence-electron chi connectivity index (χ0n) is 17.2. The van der Waals surface area contributed by atoms with Gasteiger partial charge in [0.1, 0.15) is 6.26 Å². The summed E-state index contributed by atoms with van der Waals surface area (Å²) in [5.74, 6) is 5.70. The molecule has 1 saturated carbocycles. The van der Waals surface area contributed by atoms with Gasteiger partial charge >= 0.3 is 0 Å². The van der Waals surface area contributed by atoms with Crippen LogP contribution in [-0.2, 0) is 16.6 Å². The zero-order valence-corrected chi connectivity index (χ0v) is 18.1. The quantitative estimate of drug-likeness (QED) is 0.615. The van der Waals surface area contributed by atoms with Gasteiger partial charge in [-0.25, -0.2) is 8.42 Å². The molecule has 0 spiro atoms. The van der Waals surface area contributed by atoms with Crippen molar-refractivity contribution in [2.45, 2.75) is 43.2 Å². The Hall–Kier alpha value is -3.57. The third kappa shape index (κ3) is 3.87. The second-order valence-electron chi connectivity index (χ2n) is 7.97. The van der Waals surface area contributed by atoms with E-state index in [0.29, 0.717) is 29.1 Å². The van der Waals surface area contributed by atoms with Gasteiger partial charge in [-0.15, -0.1) is 0 Å². The molecule has 0 bridgehead atoms. The van der Waals surface area contributed by atoms with Crippen LogP contribution < -0.4 is 4.72 Å². The van der Waals surface area contributed by atoms with Gasteiger partial charge in [0.05, 0.1) is 10.6 Å². The first-order valence-corrected chi connectivity index (χ1v) is 12.0. The Morgan fingerprint density at radius 2 is 1.88 bits per heavy atom. The summed E-state index contributed by atoms with van der Waals surface area (Å²) in [7, 11) is -3.87. The lowest BCUT2D eigenvalue weighted by molar-refractivity contribution is 0.0707. The van der Waals surface area contributed by atoms with Crippen molar-refractivity contribution < 1.29 is 17.7 Å². The van der Waals surface area contributed by atoms with Crippen molar-refractivity contribution in [1.29, 1.82) is 0 Å². The summed E-state index contributed by atoms with van der Waals surface area (Å²) in [5, 5.41) is 3.72. The van der Waals surface area contributed by atoms with Gasteiger partial charge in [-0.1, -0.05) is 36.1 Å². The van der Waals surface area contributed by atoms with E-state index in [9.17, 15) is 13.2 Å². The molecule has 2 aliphatic rings. The first kappa shape index (κ1) is 20.3. The molecule has 8 heteroatoms. The number of fused-ring (bicyclic) bond motifs is 1. The number of nitrogens with zero attached hydrogens (tertiary/aromatic N) is 2. The van der Waals surface area contributed by atoms with Crippen molar-refractivity contribution in [3.63, 3.8) is 0 Å². The minimum absolute atomic E-state index is 0.0157. The standard InChI is InChI=1S/C24H21N3O4S/c28-24-21-9-4-10-23(22(21)16-27(24)19-6-1-2-7-19)26-32(29,30)20-8-3-5-17(15-20)11-12-18-13-14-31-25-18/h3-5,8-10,13-15,19,26H,1-2,6-7,16H2. The molecule has 2 aromatic carbocycles. The third-order valence-corrected chi connectivity index (χ3v) is 7.29. The molecule has 1 aromatic heterocycles. The van der Waals surface area contributed by atoms with Gasteiger partial charge in [0, 0.05) is 35.3 Å². The Labute approximate surface area is 186 Å². The number of amides is 1. The maximum absolute atomic E-state index is 13.1. The molecule has 7 nitrogen and oxygen atoms in total. The van der Waals surface area contributed by atoms with Crippen molar-refractivity contribution >= 4 is 21.6 Å². The van der Waals surface area contributed by atoms with Crippen molar-refractivity contribution in [3.8, 4) is 11.8 Å². The average molecular weight is 448 g/mol. The van der Waals surface area contributed by atoms with Crippen LogP contribution >= 0.6 is 0 Å². The lowest BCUT2D eigenvalue weighted by Crippen LogP contribution is -2.33. The molecule has 32 heavy (non-hydrogen) atoms. The van der Waals surface area contributed by atoms with E-state index < -0.39 is 10.0 Å². The number of hydrogen-bond donors (Lipinski definition) is 1. The number of sulfonamides is 1. The molecule has 162 valence electrons. The van der Waals surface area contributed by atoms with Gasteiger partial charge in [0.15, 0.2) is 5.69 Å². The fraction of sp³-hybridized carbons (Fsp3) is 0.250. The number of nitrogens with one attached hydrogen (secondary N) is 1. The van der Waals surface area contributed by atoms with Crippen LogP contribution in [0.3, 0.4) is 0 Å². The van der Waals surface area contributed by atoms with Gasteiger partial charge in [-0.3, -0.25) is 9.52 Å². The number of carbonyl (C=O) groups excluding carboxylic acids is 1. The lowest BCUT2D eigenvalue weighted by Gasteiger charge is -2.23. The van der Waals surface area contributed by atoms with Crippen molar-refractivity contribution in [2.24, 2.45) is 0 Å². The normalized spacial score (nSPS) is 16.0. The van der Waals surface area contributed by atoms with Crippen LogP contribution in [0.2, 0.25) is 0 Å². The molecule has 1 fully saturated rings. The Balaban J connectivity index is 1.41. The Morgan fingerprint density at radius 3 is 2.66 bits per heavy atom. The van der Waals surface area contributed by atoms with Crippen molar-refractivity contribution in [2.75, 3.05) is 4.72 Å². The van der Waals surface area contributed by atoms with Crippen LogP contribution in [0.4, 0.5) is 5.69 Å². The van der Waals surface area contributed by atoms with Crippen LogP contribution in [0, 0.1) is 11.8 Å². The smallest absolute Gasteiger partial charge is 0.261 e. The Kier molecular flexibility index (Phi) is 5.19. The van der Waals surface area contributed by atoms with Crippen molar-refractivity contribution in [1.82, 2.24) is 10.1 Å². The van der Waals surface area contributed by atoms with Gasteiger partial charge in [0.2, 0.25) is 0 Å². The van der Waals surface area contributed by atoms with Crippen LogP contribution in [-0.4, -0.2) is 30.4 Å². The van der Waals surface area contributed by atoms with Crippen LogP contribution in [0.1, 0.15) is 52.9 Å². The van der Waals surface area contributed by atoms with Crippen LogP contribution in [0.5, 0.6) is 0 Å². The molecule has 1 aliphatic carbocycles. The van der Waals surface area contributed by atoms with E-state index in [2.05, 4.69) is 21.7 Å². The molecule has 1 N–H and O–H groups in total. The number of carbonyl (C=O) groups is 1. The zero-order chi connectivity index (χ0) is 22.1. The fourth-order valence-electron chi connectivity index (χ4n) is 4.32. The van der Waals surface area contributed by atoms with E-state index >= 15 is 0 Å².